The molecule has 0 fully saturated rings. The van der Waals surface area contributed by atoms with E-state index in [0.717, 1.165) is 0 Å². The lowest BCUT2D eigenvalue weighted by Crippen LogP contribution is -2.30. The zero-order chi connectivity index (χ0) is 7.65. The molecular weight excluding hydrogens is 202 g/mol. The molecular formula is C5H8Cl4. The second kappa shape index (κ2) is 3.52. The molecule has 0 bridgehead atoms. The van der Waals surface area contributed by atoms with Crippen LogP contribution in [0.2, 0.25) is 0 Å². The Morgan fingerprint density at radius 3 is 1.44 bits per heavy atom. The van der Waals surface area contributed by atoms with E-state index < -0.39 is 15.1 Å². The van der Waals surface area contributed by atoms with E-state index in [9.17, 15) is 0 Å². The number of hydrogen-bond acceptors (Lipinski definition) is 0. The van der Waals surface area contributed by atoms with E-state index in [0.29, 0.717) is 0 Å². The first-order valence-corrected chi connectivity index (χ1v) is 4.15. The van der Waals surface area contributed by atoms with Crippen LogP contribution in [0, 0.1) is 0 Å². The van der Waals surface area contributed by atoms with Crippen molar-refractivity contribution in [3.05, 3.63) is 0 Å². The summed E-state index contributed by atoms with van der Waals surface area (Å²) < 4.78 is 0. The summed E-state index contributed by atoms with van der Waals surface area (Å²) in [6.45, 7) is 3.54. The predicted molar refractivity (Wildman–Crippen MR) is 45.1 cm³/mol. The summed E-state index contributed by atoms with van der Waals surface area (Å²) >= 11 is 22.4. The molecule has 0 N–H and O–H groups in total. The highest BCUT2D eigenvalue weighted by Crippen LogP contribution is 2.29. The molecule has 4 heteroatoms. The Bertz CT molecular complexity index is 83.4. The van der Waals surface area contributed by atoms with Gasteiger partial charge in [0.1, 0.15) is 4.84 Å². The van der Waals surface area contributed by atoms with Crippen LogP contribution >= 0.6 is 46.4 Å². The summed E-state index contributed by atoms with van der Waals surface area (Å²) in [5.74, 6) is 0. The summed E-state index contributed by atoms with van der Waals surface area (Å²) in [4.78, 5) is -1.16. The van der Waals surface area contributed by atoms with Crippen molar-refractivity contribution in [2.45, 2.75) is 28.9 Å². The fraction of sp³-hybridized carbons (Fsp3) is 1.00. The second-order valence-corrected chi connectivity index (χ2v) is 4.91. The fourth-order valence-corrected chi connectivity index (χ4v) is 1.18. The minimum atomic E-state index is -0.612. The zero-order valence-corrected chi connectivity index (χ0v) is 8.19. The summed E-state index contributed by atoms with van der Waals surface area (Å²) in [5.41, 5.74) is 0. The molecule has 9 heavy (non-hydrogen) atoms. The van der Waals surface area contributed by atoms with Gasteiger partial charge in [-0.25, -0.2) is 0 Å². The molecule has 56 valence electrons. The molecule has 0 aliphatic carbocycles. The molecule has 0 aromatic carbocycles. The minimum Gasteiger partial charge on any atom is -0.118 e. The van der Waals surface area contributed by atoms with Crippen LogP contribution in [0.4, 0.5) is 0 Å². The standard InChI is InChI=1S/C5H8Cl4/c1-5(2,9)3(6)4(7)8/h3-4H,1-2H3. The molecule has 1 atom stereocenters. The molecule has 0 saturated carbocycles. The third kappa shape index (κ3) is 3.77. The van der Waals surface area contributed by atoms with Crippen molar-refractivity contribution in [1.29, 1.82) is 0 Å². The Morgan fingerprint density at radius 1 is 1.11 bits per heavy atom. The first-order valence-electron chi connectivity index (χ1n) is 2.47. The lowest BCUT2D eigenvalue weighted by atomic mass is 10.1. The lowest BCUT2D eigenvalue weighted by Gasteiger charge is -2.22. The van der Waals surface area contributed by atoms with Gasteiger partial charge in [-0.15, -0.1) is 46.4 Å². The van der Waals surface area contributed by atoms with Crippen molar-refractivity contribution in [2.24, 2.45) is 0 Å². The van der Waals surface area contributed by atoms with Crippen molar-refractivity contribution in [2.75, 3.05) is 0 Å². The maximum atomic E-state index is 5.78. The van der Waals surface area contributed by atoms with Gasteiger partial charge in [-0.3, -0.25) is 0 Å². The first kappa shape index (κ1) is 10.2. The van der Waals surface area contributed by atoms with Gasteiger partial charge in [-0.1, -0.05) is 0 Å². The zero-order valence-electron chi connectivity index (χ0n) is 5.17. The molecule has 0 nitrogen and oxygen atoms in total. The molecule has 0 aromatic rings. The average molecular weight is 210 g/mol. The largest absolute Gasteiger partial charge is 0.125 e. The Labute approximate surface area is 75.4 Å². The topological polar surface area (TPSA) is 0 Å². The fourth-order valence-electron chi connectivity index (χ4n) is 0.300. The molecule has 0 aromatic heterocycles. The van der Waals surface area contributed by atoms with E-state index in [-0.39, 0.29) is 0 Å². The number of rotatable bonds is 2. The van der Waals surface area contributed by atoms with Crippen molar-refractivity contribution in [1.82, 2.24) is 0 Å². The SMILES string of the molecule is CC(C)(Cl)C(Cl)C(Cl)Cl. The van der Waals surface area contributed by atoms with Crippen molar-refractivity contribution in [3.8, 4) is 0 Å². The monoisotopic (exact) mass is 208 g/mol. The Morgan fingerprint density at radius 2 is 1.44 bits per heavy atom. The van der Waals surface area contributed by atoms with Gasteiger partial charge in [-0.2, -0.15) is 0 Å². The number of halogens is 4. The molecule has 0 spiro atoms. The van der Waals surface area contributed by atoms with Gasteiger partial charge < -0.3 is 0 Å². The van der Waals surface area contributed by atoms with Crippen molar-refractivity contribution in [3.63, 3.8) is 0 Å². The predicted octanol–water partition coefficient (Wildman–Crippen LogP) is 3.41. The minimum absolute atomic E-state index is 0.414. The molecule has 0 aliphatic rings. The molecule has 0 radical (unpaired) electrons. The van der Waals surface area contributed by atoms with E-state index in [2.05, 4.69) is 0 Å². The van der Waals surface area contributed by atoms with Gasteiger partial charge in [0.2, 0.25) is 0 Å². The second-order valence-electron chi connectivity index (χ2n) is 2.30. The van der Waals surface area contributed by atoms with Gasteiger partial charge in [0, 0.05) is 0 Å². The Hall–Kier alpha value is 1.16. The summed E-state index contributed by atoms with van der Waals surface area (Å²) in [6.07, 6.45) is 0. The van der Waals surface area contributed by atoms with Crippen LogP contribution in [0.5, 0.6) is 0 Å². The number of alkyl halides is 4. The summed E-state index contributed by atoms with van der Waals surface area (Å²) in [6, 6.07) is 0. The maximum absolute atomic E-state index is 5.78. The van der Waals surface area contributed by atoms with Gasteiger partial charge in [0.15, 0.2) is 0 Å². The van der Waals surface area contributed by atoms with Crippen LogP contribution in [0.1, 0.15) is 13.8 Å². The van der Waals surface area contributed by atoms with Gasteiger partial charge in [-0.05, 0) is 13.8 Å². The van der Waals surface area contributed by atoms with E-state index >= 15 is 0 Å². The van der Waals surface area contributed by atoms with E-state index in [1.807, 2.05) is 0 Å². The molecule has 0 rings (SSSR count). The van der Waals surface area contributed by atoms with Crippen molar-refractivity contribution >= 4 is 46.4 Å². The van der Waals surface area contributed by atoms with E-state index in [1.165, 1.54) is 0 Å². The first-order chi connectivity index (χ1) is 3.85. The van der Waals surface area contributed by atoms with E-state index in [1.54, 1.807) is 13.8 Å². The normalized spacial score (nSPS) is 16.3. The van der Waals surface area contributed by atoms with Gasteiger partial charge in [0.25, 0.3) is 0 Å². The smallest absolute Gasteiger partial charge is 0.118 e. The lowest BCUT2D eigenvalue weighted by molar-refractivity contribution is 0.667. The summed E-state index contributed by atoms with van der Waals surface area (Å²) in [7, 11) is 0. The van der Waals surface area contributed by atoms with Gasteiger partial charge in [0.05, 0.1) is 10.3 Å². The average Bonchev–Trinajstić information content (AvgIpc) is 1.62. The maximum Gasteiger partial charge on any atom is 0.125 e. The van der Waals surface area contributed by atoms with Crippen LogP contribution in [0.3, 0.4) is 0 Å². The Balaban J connectivity index is 3.88. The highest BCUT2D eigenvalue weighted by atomic mass is 35.5. The highest BCUT2D eigenvalue weighted by Gasteiger charge is 2.29. The van der Waals surface area contributed by atoms with Crippen LogP contribution in [-0.4, -0.2) is 15.1 Å². The molecule has 1 unspecified atom stereocenters. The molecule has 0 aliphatic heterocycles. The van der Waals surface area contributed by atoms with Crippen LogP contribution in [0.25, 0.3) is 0 Å². The highest BCUT2D eigenvalue weighted by molar-refractivity contribution is 6.49. The van der Waals surface area contributed by atoms with Crippen LogP contribution in [-0.2, 0) is 0 Å². The number of hydrogen-bond donors (Lipinski definition) is 0. The quantitative estimate of drug-likeness (QED) is 0.612. The molecule has 0 amide bonds. The van der Waals surface area contributed by atoms with Crippen LogP contribution < -0.4 is 0 Å². The van der Waals surface area contributed by atoms with Gasteiger partial charge >= 0.3 is 0 Å². The molecule has 0 heterocycles. The molecule has 0 saturated heterocycles. The third-order valence-corrected chi connectivity index (χ3v) is 2.78. The van der Waals surface area contributed by atoms with Crippen molar-refractivity contribution < 1.29 is 0 Å². The van der Waals surface area contributed by atoms with E-state index in [4.69, 9.17) is 46.4 Å². The summed E-state index contributed by atoms with van der Waals surface area (Å²) in [5, 5.41) is -0.414. The third-order valence-electron chi connectivity index (χ3n) is 0.877. The Kier molecular flexibility index (Phi) is 3.98. The van der Waals surface area contributed by atoms with Crippen LogP contribution in [0.15, 0.2) is 0 Å².